The lowest BCUT2D eigenvalue weighted by atomic mass is 10.0. The monoisotopic (exact) mass is 306 g/mol. The van der Waals surface area contributed by atoms with E-state index < -0.39 is 5.66 Å². The molecule has 1 aliphatic heterocycles. The van der Waals surface area contributed by atoms with Crippen molar-refractivity contribution in [3.8, 4) is 0 Å². The maximum absolute atomic E-state index is 4.85. The predicted octanol–water partition coefficient (Wildman–Crippen LogP) is 3.37. The van der Waals surface area contributed by atoms with E-state index in [0.717, 1.165) is 16.8 Å². The van der Waals surface area contributed by atoms with E-state index in [1.165, 1.54) is 0 Å². The predicted molar refractivity (Wildman–Crippen MR) is 92.4 cm³/mol. The normalized spacial score (nSPS) is 21.9. The molecule has 0 aliphatic carbocycles. The van der Waals surface area contributed by atoms with E-state index in [1.807, 2.05) is 67.6 Å². The SMILES string of the molecule is CC1(c2ccccc2)N=C(c2ccccc2)/C(=N\N=C=S)N1. The molecule has 108 valence electrons. The number of hydrogen-bond donors (Lipinski definition) is 1. The van der Waals surface area contributed by atoms with Crippen LogP contribution >= 0.6 is 12.2 Å². The van der Waals surface area contributed by atoms with Crippen molar-refractivity contribution in [3.05, 3.63) is 71.8 Å². The first-order valence-electron chi connectivity index (χ1n) is 6.87. The number of isothiocyanates is 1. The minimum atomic E-state index is -0.581. The molecule has 1 atom stereocenters. The van der Waals surface area contributed by atoms with E-state index in [-0.39, 0.29) is 0 Å². The molecule has 0 amide bonds. The highest BCUT2D eigenvalue weighted by atomic mass is 32.1. The van der Waals surface area contributed by atoms with Gasteiger partial charge in [-0.15, -0.1) is 5.10 Å². The minimum Gasteiger partial charge on any atom is -0.339 e. The Morgan fingerprint density at radius 3 is 2.32 bits per heavy atom. The summed E-state index contributed by atoms with van der Waals surface area (Å²) < 4.78 is 0. The summed E-state index contributed by atoms with van der Waals surface area (Å²) in [4.78, 5) is 4.85. The molecular weight excluding hydrogens is 292 g/mol. The first-order valence-corrected chi connectivity index (χ1v) is 7.28. The molecule has 22 heavy (non-hydrogen) atoms. The van der Waals surface area contributed by atoms with E-state index in [0.29, 0.717) is 5.84 Å². The van der Waals surface area contributed by atoms with E-state index >= 15 is 0 Å². The maximum Gasteiger partial charge on any atom is 0.177 e. The van der Waals surface area contributed by atoms with Crippen LogP contribution in [0.4, 0.5) is 0 Å². The fourth-order valence-electron chi connectivity index (χ4n) is 2.43. The Morgan fingerprint density at radius 1 is 1.05 bits per heavy atom. The van der Waals surface area contributed by atoms with E-state index in [2.05, 4.69) is 32.9 Å². The largest absolute Gasteiger partial charge is 0.339 e. The zero-order valence-electron chi connectivity index (χ0n) is 12.0. The van der Waals surface area contributed by atoms with Gasteiger partial charge in [-0.3, -0.25) is 0 Å². The molecule has 0 radical (unpaired) electrons. The third-order valence-electron chi connectivity index (χ3n) is 3.50. The number of nitrogens with one attached hydrogen (secondary N) is 1. The summed E-state index contributed by atoms with van der Waals surface area (Å²) in [5.41, 5.74) is 2.22. The highest BCUT2D eigenvalue weighted by molar-refractivity contribution is 7.78. The van der Waals surface area contributed by atoms with Crippen molar-refractivity contribution in [3.63, 3.8) is 0 Å². The molecule has 0 spiro atoms. The topological polar surface area (TPSA) is 49.1 Å². The lowest BCUT2D eigenvalue weighted by Crippen LogP contribution is -2.37. The zero-order chi connectivity index (χ0) is 15.4. The second-order valence-electron chi connectivity index (χ2n) is 5.03. The van der Waals surface area contributed by atoms with Gasteiger partial charge in [0.1, 0.15) is 5.71 Å². The number of amidine groups is 1. The summed E-state index contributed by atoms with van der Waals surface area (Å²) in [6.07, 6.45) is 0. The molecule has 0 saturated carbocycles. The number of nitrogens with zero attached hydrogens (tertiary/aromatic N) is 3. The van der Waals surface area contributed by atoms with Crippen LogP contribution < -0.4 is 5.32 Å². The minimum absolute atomic E-state index is 0.581. The highest BCUT2D eigenvalue weighted by Crippen LogP contribution is 2.28. The van der Waals surface area contributed by atoms with Crippen molar-refractivity contribution in [2.75, 3.05) is 0 Å². The summed E-state index contributed by atoms with van der Waals surface area (Å²) in [7, 11) is 0. The summed E-state index contributed by atoms with van der Waals surface area (Å²) in [6.45, 7) is 2.01. The van der Waals surface area contributed by atoms with Crippen molar-refractivity contribution >= 4 is 28.9 Å². The molecule has 1 heterocycles. The third kappa shape index (κ3) is 2.72. The molecule has 3 rings (SSSR count). The standard InChI is InChI=1S/C17H14N4S/c1-17(14-10-6-3-7-11-14)19-15(13-8-4-2-5-9-13)16(20-17)21-18-12-22/h2-11H,1H3,(H,20,21). The average molecular weight is 306 g/mol. The zero-order valence-corrected chi connectivity index (χ0v) is 12.8. The molecule has 4 nitrogen and oxygen atoms in total. The molecule has 5 heteroatoms. The molecule has 0 saturated heterocycles. The Morgan fingerprint density at radius 2 is 1.68 bits per heavy atom. The van der Waals surface area contributed by atoms with Crippen LogP contribution in [0.2, 0.25) is 0 Å². The molecule has 2 aromatic carbocycles. The Bertz CT molecular complexity index is 777. The van der Waals surface area contributed by atoms with Gasteiger partial charge in [0, 0.05) is 5.56 Å². The fraction of sp³-hybridized carbons (Fsp3) is 0.118. The van der Waals surface area contributed by atoms with Crippen molar-refractivity contribution < 1.29 is 0 Å². The van der Waals surface area contributed by atoms with Crippen LogP contribution in [0.1, 0.15) is 18.1 Å². The number of rotatable bonds is 3. The quantitative estimate of drug-likeness (QED) is 0.537. The summed E-state index contributed by atoms with van der Waals surface area (Å²) in [6, 6.07) is 19.9. The van der Waals surface area contributed by atoms with Gasteiger partial charge in [0.25, 0.3) is 0 Å². The Kier molecular flexibility index (Phi) is 3.92. The van der Waals surface area contributed by atoms with Crippen molar-refractivity contribution in [2.45, 2.75) is 12.6 Å². The van der Waals surface area contributed by atoms with Crippen LogP contribution in [0.15, 0.2) is 75.9 Å². The lowest BCUT2D eigenvalue weighted by molar-refractivity contribution is 0.478. The van der Waals surface area contributed by atoms with Crippen LogP contribution in [-0.2, 0) is 5.66 Å². The molecular formula is C17H14N4S. The number of benzene rings is 2. The molecule has 1 aliphatic rings. The van der Waals surface area contributed by atoms with E-state index in [1.54, 1.807) is 0 Å². The van der Waals surface area contributed by atoms with Gasteiger partial charge in [-0.25, -0.2) is 4.99 Å². The van der Waals surface area contributed by atoms with Gasteiger partial charge in [-0.05, 0) is 24.7 Å². The van der Waals surface area contributed by atoms with Crippen LogP contribution in [0.25, 0.3) is 0 Å². The molecule has 0 aromatic heterocycles. The van der Waals surface area contributed by atoms with Crippen molar-refractivity contribution in [1.82, 2.24) is 5.32 Å². The van der Waals surface area contributed by atoms with Crippen molar-refractivity contribution in [2.24, 2.45) is 15.2 Å². The lowest BCUT2D eigenvalue weighted by Gasteiger charge is -2.22. The van der Waals surface area contributed by atoms with Gasteiger partial charge >= 0.3 is 0 Å². The van der Waals surface area contributed by atoms with Gasteiger partial charge in [-0.1, -0.05) is 65.8 Å². The van der Waals surface area contributed by atoms with Crippen LogP contribution in [-0.4, -0.2) is 16.7 Å². The molecule has 0 fully saturated rings. The van der Waals surface area contributed by atoms with Crippen LogP contribution in [0, 0.1) is 0 Å². The molecule has 1 unspecified atom stereocenters. The summed E-state index contributed by atoms with van der Waals surface area (Å²) >= 11 is 4.60. The smallest absolute Gasteiger partial charge is 0.177 e. The van der Waals surface area contributed by atoms with Crippen LogP contribution in [0.3, 0.4) is 0 Å². The number of hydrogen-bond acceptors (Lipinski definition) is 4. The van der Waals surface area contributed by atoms with E-state index in [4.69, 9.17) is 4.99 Å². The Labute approximate surface area is 134 Å². The van der Waals surface area contributed by atoms with Gasteiger partial charge in [-0.2, -0.15) is 0 Å². The summed E-state index contributed by atoms with van der Waals surface area (Å²) in [5, 5.41) is 13.4. The van der Waals surface area contributed by atoms with Crippen LogP contribution in [0.5, 0.6) is 0 Å². The Hall–Kier alpha value is -2.62. The van der Waals surface area contributed by atoms with Gasteiger partial charge < -0.3 is 5.32 Å². The summed E-state index contributed by atoms with van der Waals surface area (Å²) in [5.74, 6) is 0.593. The number of thiocarbonyl (C=S) groups is 1. The first kappa shape index (κ1) is 14.3. The molecule has 0 bridgehead atoms. The first-order chi connectivity index (χ1) is 10.7. The molecule has 1 N–H and O–H groups in total. The fourth-order valence-corrected chi connectivity index (χ4v) is 2.47. The average Bonchev–Trinajstić information content (AvgIpc) is 2.93. The maximum atomic E-state index is 4.85. The van der Waals surface area contributed by atoms with Gasteiger partial charge in [0.2, 0.25) is 0 Å². The number of aliphatic imine (C=N–C) groups is 1. The second-order valence-corrected chi connectivity index (χ2v) is 5.21. The molecule has 2 aromatic rings. The third-order valence-corrected chi connectivity index (χ3v) is 3.58. The van der Waals surface area contributed by atoms with Gasteiger partial charge in [0.05, 0.1) is 5.16 Å². The van der Waals surface area contributed by atoms with Gasteiger partial charge in [0.15, 0.2) is 11.5 Å². The Balaban J connectivity index is 2.10. The second kappa shape index (κ2) is 6.02. The van der Waals surface area contributed by atoms with E-state index in [9.17, 15) is 0 Å². The van der Waals surface area contributed by atoms with Crippen molar-refractivity contribution in [1.29, 1.82) is 0 Å². The highest BCUT2D eigenvalue weighted by Gasteiger charge is 2.35.